The van der Waals surface area contributed by atoms with Gasteiger partial charge in [-0.2, -0.15) is 0 Å². The lowest BCUT2D eigenvalue weighted by Crippen LogP contribution is -2.22. The second-order valence-electron chi connectivity index (χ2n) is 5.59. The minimum absolute atomic E-state index is 0.185. The number of carbonyl (C=O) groups excluding carboxylic acids is 1. The molecule has 1 N–H and O–H groups in total. The molecule has 0 radical (unpaired) electrons. The van der Waals surface area contributed by atoms with Gasteiger partial charge in [0.05, 0.1) is 11.1 Å². The van der Waals surface area contributed by atoms with Gasteiger partial charge in [-0.3, -0.25) is 9.52 Å². The molecule has 0 atom stereocenters. The van der Waals surface area contributed by atoms with Crippen LogP contribution in [0.4, 0.5) is 5.69 Å². The molecule has 5 nitrogen and oxygen atoms in total. The second-order valence-corrected chi connectivity index (χ2v) is 7.16. The van der Waals surface area contributed by atoms with Gasteiger partial charge >= 0.3 is 0 Å². The minimum Gasteiger partial charge on any atom is -0.345 e. The van der Waals surface area contributed by atoms with E-state index in [2.05, 4.69) is 4.72 Å². The number of hydrogen-bond acceptors (Lipinski definition) is 3. The minimum atomic E-state index is -3.67. The van der Waals surface area contributed by atoms with Crippen molar-refractivity contribution in [3.8, 4) is 0 Å². The summed E-state index contributed by atoms with van der Waals surface area (Å²) >= 11 is 0. The molecule has 6 heteroatoms. The van der Waals surface area contributed by atoms with Crippen LogP contribution in [0, 0.1) is 6.92 Å². The number of nitrogens with one attached hydrogen (secondary N) is 1. The number of aryl methyl sites for hydroxylation is 1. The quantitative estimate of drug-likeness (QED) is 0.906. The van der Waals surface area contributed by atoms with Crippen LogP contribution in [0.1, 0.15) is 21.5 Å². The lowest BCUT2D eigenvalue weighted by atomic mass is 10.1. The Kier molecular flexibility index (Phi) is 5.41. The van der Waals surface area contributed by atoms with Gasteiger partial charge in [0, 0.05) is 19.7 Å². The van der Waals surface area contributed by atoms with Crippen LogP contribution in [0.15, 0.2) is 53.9 Å². The third kappa shape index (κ3) is 4.70. The summed E-state index contributed by atoms with van der Waals surface area (Å²) in [7, 11) is -0.379. The maximum atomic E-state index is 12.2. The fraction of sp³-hybridized carbons (Fsp3) is 0.167. The topological polar surface area (TPSA) is 66.5 Å². The molecule has 0 saturated carbocycles. The number of anilines is 1. The Morgan fingerprint density at radius 3 is 2.38 bits per heavy atom. The molecule has 0 aliphatic rings. The molecule has 0 unspecified atom stereocenters. The van der Waals surface area contributed by atoms with Crippen LogP contribution in [0.2, 0.25) is 0 Å². The first-order valence-corrected chi connectivity index (χ1v) is 8.91. The van der Waals surface area contributed by atoms with Crippen molar-refractivity contribution in [1.29, 1.82) is 0 Å². The molecule has 0 spiro atoms. The maximum Gasteiger partial charge on any atom is 0.255 e. The molecule has 0 heterocycles. The molecule has 0 aliphatic heterocycles. The van der Waals surface area contributed by atoms with Crippen LogP contribution in [-0.4, -0.2) is 33.3 Å². The van der Waals surface area contributed by atoms with Gasteiger partial charge in [0.15, 0.2) is 0 Å². The summed E-state index contributed by atoms with van der Waals surface area (Å²) in [6.45, 7) is 1.78. The Balaban J connectivity index is 2.24. The zero-order valence-corrected chi connectivity index (χ0v) is 14.7. The van der Waals surface area contributed by atoms with Crippen molar-refractivity contribution in [2.45, 2.75) is 6.92 Å². The zero-order valence-electron chi connectivity index (χ0n) is 13.9. The van der Waals surface area contributed by atoms with Crippen LogP contribution in [-0.2, 0) is 10.0 Å². The predicted molar refractivity (Wildman–Crippen MR) is 97.2 cm³/mol. The number of amides is 1. The van der Waals surface area contributed by atoms with E-state index in [1.54, 1.807) is 39.2 Å². The van der Waals surface area contributed by atoms with Crippen molar-refractivity contribution in [1.82, 2.24) is 4.90 Å². The Hall–Kier alpha value is -2.60. The second kappa shape index (κ2) is 7.31. The molecule has 0 fully saturated rings. The number of nitrogens with zero attached hydrogens (tertiary/aromatic N) is 1. The van der Waals surface area contributed by atoms with Crippen molar-refractivity contribution < 1.29 is 13.2 Å². The lowest BCUT2D eigenvalue weighted by molar-refractivity contribution is 0.0827. The molecule has 0 saturated heterocycles. The van der Waals surface area contributed by atoms with Gasteiger partial charge < -0.3 is 4.90 Å². The largest absolute Gasteiger partial charge is 0.345 e. The van der Waals surface area contributed by atoms with Crippen molar-refractivity contribution >= 4 is 27.7 Å². The van der Waals surface area contributed by atoms with E-state index in [-0.39, 0.29) is 5.91 Å². The van der Waals surface area contributed by atoms with Crippen molar-refractivity contribution in [2.24, 2.45) is 0 Å². The number of sulfonamides is 1. The van der Waals surface area contributed by atoms with E-state index in [0.29, 0.717) is 11.3 Å². The molecule has 1 amide bonds. The third-order valence-corrected chi connectivity index (χ3v) is 4.38. The Bertz CT molecular complexity index is 857. The van der Waals surface area contributed by atoms with E-state index in [0.717, 1.165) is 16.5 Å². The molecule has 0 bridgehead atoms. The first-order chi connectivity index (χ1) is 11.3. The van der Waals surface area contributed by atoms with E-state index < -0.39 is 10.0 Å². The Morgan fingerprint density at radius 1 is 1.08 bits per heavy atom. The molecule has 2 aromatic rings. The molecule has 2 aromatic carbocycles. The molecular formula is C18H20N2O3S. The smallest absolute Gasteiger partial charge is 0.255 e. The lowest BCUT2D eigenvalue weighted by Gasteiger charge is -2.13. The third-order valence-electron chi connectivity index (χ3n) is 3.38. The highest BCUT2D eigenvalue weighted by atomic mass is 32.2. The normalized spacial score (nSPS) is 11.5. The van der Waals surface area contributed by atoms with E-state index in [1.165, 1.54) is 11.0 Å². The molecular weight excluding hydrogens is 324 g/mol. The van der Waals surface area contributed by atoms with Gasteiger partial charge in [-0.25, -0.2) is 8.42 Å². The van der Waals surface area contributed by atoms with Gasteiger partial charge in [0.2, 0.25) is 0 Å². The number of rotatable bonds is 5. The predicted octanol–water partition coefficient (Wildman–Crippen LogP) is 3.11. The maximum absolute atomic E-state index is 12.2. The summed E-state index contributed by atoms with van der Waals surface area (Å²) in [6, 6.07) is 14.1. The first-order valence-electron chi connectivity index (χ1n) is 7.37. The van der Waals surface area contributed by atoms with Gasteiger partial charge in [-0.1, -0.05) is 36.4 Å². The highest BCUT2D eigenvalue weighted by Crippen LogP contribution is 2.20. The number of benzene rings is 2. The van der Waals surface area contributed by atoms with Crippen molar-refractivity contribution in [3.05, 3.63) is 70.6 Å². The molecule has 0 aliphatic carbocycles. The molecule has 126 valence electrons. The summed E-state index contributed by atoms with van der Waals surface area (Å²) in [5, 5.41) is 1.11. The number of carbonyl (C=O) groups is 1. The Labute approximate surface area is 142 Å². The zero-order chi connectivity index (χ0) is 17.7. The van der Waals surface area contributed by atoms with Crippen LogP contribution in [0.25, 0.3) is 6.08 Å². The molecule has 2 rings (SSSR count). The summed E-state index contributed by atoms with van der Waals surface area (Å²) in [6.07, 6.45) is 1.52. The van der Waals surface area contributed by atoms with E-state index in [1.807, 2.05) is 30.3 Å². The van der Waals surface area contributed by atoms with E-state index >= 15 is 0 Å². The SMILES string of the molecule is Cc1ccc(C(=O)N(C)C)cc1NS(=O)(=O)C=Cc1ccccc1. The van der Waals surface area contributed by atoms with Crippen LogP contribution < -0.4 is 4.72 Å². The monoisotopic (exact) mass is 344 g/mol. The standard InChI is InChI=1S/C18H20N2O3S/c1-14-9-10-16(18(21)20(2)3)13-17(14)19-24(22,23)12-11-15-7-5-4-6-8-15/h4-13,19H,1-3H3. The Morgan fingerprint density at radius 2 is 1.75 bits per heavy atom. The molecule has 0 aromatic heterocycles. The van der Waals surface area contributed by atoms with Crippen LogP contribution in [0.5, 0.6) is 0 Å². The van der Waals surface area contributed by atoms with Gasteiger partial charge in [0.25, 0.3) is 15.9 Å². The summed E-state index contributed by atoms with van der Waals surface area (Å²) in [5.41, 5.74) is 2.34. The average molecular weight is 344 g/mol. The van der Waals surface area contributed by atoms with Crippen molar-refractivity contribution in [3.63, 3.8) is 0 Å². The number of hydrogen-bond donors (Lipinski definition) is 1. The highest BCUT2D eigenvalue weighted by molar-refractivity contribution is 7.95. The highest BCUT2D eigenvalue weighted by Gasteiger charge is 2.13. The van der Waals surface area contributed by atoms with Crippen molar-refractivity contribution in [2.75, 3.05) is 18.8 Å². The first kappa shape index (κ1) is 17.7. The van der Waals surface area contributed by atoms with E-state index in [4.69, 9.17) is 0 Å². The van der Waals surface area contributed by atoms with Crippen LogP contribution in [0.3, 0.4) is 0 Å². The fourth-order valence-corrected chi connectivity index (χ4v) is 2.97. The van der Waals surface area contributed by atoms with Gasteiger partial charge in [-0.05, 0) is 36.3 Å². The van der Waals surface area contributed by atoms with Crippen LogP contribution >= 0.6 is 0 Å². The van der Waals surface area contributed by atoms with Gasteiger partial charge in [0.1, 0.15) is 0 Å². The molecule has 24 heavy (non-hydrogen) atoms. The summed E-state index contributed by atoms with van der Waals surface area (Å²) in [4.78, 5) is 13.5. The summed E-state index contributed by atoms with van der Waals surface area (Å²) in [5.74, 6) is -0.185. The summed E-state index contributed by atoms with van der Waals surface area (Å²) < 4.78 is 27.0. The fourth-order valence-electron chi connectivity index (χ4n) is 2.04. The average Bonchev–Trinajstić information content (AvgIpc) is 2.55. The van der Waals surface area contributed by atoms with E-state index in [9.17, 15) is 13.2 Å². The van der Waals surface area contributed by atoms with Gasteiger partial charge in [-0.15, -0.1) is 0 Å².